The summed E-state index contributed by atoms with van der Waals surface area (Å²) in [6.45, 7) is 0. The summed E-state index contributed by atoms with van der Waals surface area (Å²) in [6.07, 6.45) is 3.28. The van der Waals surface area contributed by atoms with E-state index in [-0.39, 0.29) is 0 Å². The molecular formula is C11H13NO. The first-order chi connectivity index (χ1) is 6.25. The molecule has 68 valence electrons. The quantitative estimate of drug-likeness (QED) is 0.482. The van der Waals surface area contributed by atoms with Crippen molar-refractivity contribution in [3.63, 3.8) is 0 Å². The normalized spacial score (nSPS) is 16.5. The number of benzene rings is 1. The number of ketones is 1. The van der Waals surface area contributed by atoms with E-state index in [1.54, 1.807) is 0 Å². The van der Waals surface area contributed by atoms with Gasteiger partial charge in [-0.25, -0.2) is 0 Å². The second-order valence-electron chi connectivity index (χ2n) is 3.60. The van der Waals surface area contributed by atoms with E-state index in [0.29, 0.717) is 18.6 Å². The van der Waals surface area contributed by atoms with E-state index in [1.807, 2.05) is 18.2 Å². The van der Waals surface area contributed by atoms with Crippen molar-refractivity contribution < 1.29 is 4.79 Å². The van der Waals surface area contributed by atoms with E-state index in [2.05, 4.69) is 0 Å². The van der Waals surface area contributed by atoms with Gasteiger partial charge in [-0.05, 0) is 36.1 Å². The third-order valence-electron chi connectivity index (χ3n) is 2.52. The predicted molar refractivity (Wildman–Crippen MR) is 52.5 cm³/mol. The van der Waals surface area contributed by atoms with Crippen molar-refractivity contribution in [2.45, 2.75) is 25.7 Å². The zero-order chi connectivity index (χ0) is 9.26. The smallest absolute Gasteiger partial charge is 0.137 e. The second-order valence-corrected chi connectivity index (χ2v) is 3.60. The van der Waals surface area contributed by atoms with Crippen LogP contribution in [0.4, 0.5) is 5.69 Å². The van der Waals surface area contributed by atoms with Crippen molar-refractivity contribution in [1.82, 2.24) is 0 Å². The Kier molecular flexibility index (Phi) is 2.05. The van der Waals surface area contributed by atoms with Crippen LogP contribution < -0.4 is 5.73 Å². The summed E-state index contributed by atoms with van der Waals surface area (Å²) in [5.74, 6) is 0.337. The molecular weight excluding hydrogens is 162 g/mol. The lowest BCUT2D eigenvalue weighted by Gasteiger charge is -2.04. The van der Waals surface area contributed by atoms with Gasteiger partial charge in [0.05, 0.1) is 0 Å². The molecule has 0 saturated heterocycles. The number of nitrogens with two attached hydrogens (primary N) is 1. The van der Waals surface area contributed by atoms with Gasteiger partial charge in [0.1, 0.15) is 5.78 Å². The van der Waals surface area contributed by atoms with Crippen LogP contribution >= 0.6 is 0 Å². The molecule has 0 aromatic heterocycles. The molecule has 0 bridgehead atoms. The van der Waals surface area contributed by atoms with Gasteiger partial charge in [0.25, 0.3) is 0 Å². The second kappa shape index (κ2) is 3.21. The molecule has 1 aromatic rings. The van der Waals surface area contributed by atoms with Crippen molar-refractivity contribution in [2.24, 2.45) is 0 Å². The fourth-order valence-corrected chi connectivity index (χ4v) is 1.83. The highest BCUT2D eigenvalue weighted by atomic mass is 16.1. The first-order valence-corrected chi connectivity index (χ1v) is 4.65. The minimum atomic E-state index is 0.337. The summed E-state index contributed by atoms with van der Waals surface area (Å²) in [4.78, 5) is 11.3. The van der Waals surface area contributed by atoms with E-state index in [9.17, 15) is 4.79 Å². The number of rotatable bonds is 0. The van der Waals surface area contributed by atoms with Crippen molar-refractivity contribution >= 4 is 11.5 Å². The van der Waals surface area contributed by atoms with Crippen LogP contribution in [0.25, 0.3) is 0 Å². The van der Waals surface area contributed by atoms with E-state index in [0.717, 1.165) is 24.1 Å². The van der Waals surface area contributed by atoms with Crippen molar-refractivity contribution in [2.75, 3.05) is 5.73 Å². The lowest BCUT2D eigenvalue weighted by Crippen LogP contribution is -2.00. The molecule has 1 aliphatic carbocycles. The standard InChI is InChI=1S/C11H13NO/c12-10-5-4-8-2-1-3-11(13)7-9(8)6-10/h4-6H,1-3,7,12H2. The third kappa shape index (κ3) is 1.72. The highest BCUT2D eigenvalue weighted by Gasteiger charge is 2.12. The number of carbonyl (C=O) groups is 1. The number of anilines is 1. The predicted octanol–water partition coefficient (Wildman–Crippen LogP) is 1.72. The van der Waals surface area contributed by atoms with Gasteiger partial charge >= 0.3 is 0 Å². The average Bonchev–Trinajstić information content (AvgIpc) is 2.25. The Bertz CT molecular complexity index is 344. The van der Waals surface area contributed by atoms with E-state index in [4.69, 9.17) is 5.73 Å². The van der Waals surface area contributed by atoms with E-state index < -0.39 is 0 Å². The molecule has 13 heavy (non-hydrogen) atoms. The number of hydrogen-bond acceptors (Lipinski definition) is 2. The van der Waals surface area contributed by atoms with Crippen LogP contribution in [0.2, 0.25) is 0 Å². The van der Waals surface area contributed by atoms with Crippen LogP contribution in [0, 0.1) is 0 Å². The summed E-state index contributed by atoms with van der Waals surface area (Å²) in [6, 6.07) is 5.89. The van der Waals surface area contributed by atoms with Gasteiger partial charge in [0.2, 0.25) is 0 Å². The van der Waals surface area contributed by atoms with Crippen LogP contribution in [-0.2, 0) is 17.6 Å². The zero-order valence-corrected chi connectivity index (χ0v) is 7.55. The first kappa shape index (κ1) is 8.30. The fraction of sp³-hybridized carbons (Fsp3) is 0.364. The molecule has 0 aliphatic heterocycles. The van der Waals surface area contributed by atoms with Crippen LogP contribution in [0.5, 0.6) is 0 Å². The highest BCUT2D eigenvalue weighted by molar-refractivity contribution is 5.82. The first-order valence-electron chi connectivity index (χ1n) is 4.65. The topological polar surface area (TPSA) is 43.1 Å². The molecule has 2 N–H and O–H groups in total. The molecule has 0 atom stereocenters. The Morgan fingerprint density at radius 2 is 2.00 bits per heavy atom. The van der Waals surface area contributed by atoms with Crippen LogP contribution in [0.1, 0.15) is 24.0 Å². The molecule has 0 spiro atoms. The van der Waals surface area contributed by atoms with Gasteiger partial charge in [-0.1, -0.05) is 6.07 Å². The lowest BCUT2D eigenvalue weighted by molar-refractivity contribution is -0.118. The van der Waals surface area contributed by atoms with Gasteiger partial charge in [-0.15, -0.1) is 0 Å². The van der Waals surface area contributed by atoms with Crippen LogP contribution in [-0.4, -0.2) is 5.78 Å². The Balaban J connectivity index is 2.40. The summed E-state index contributed by atoms with van der Waals surface area (Å²) in [7, 11) is 0. The molecule has 2 heteroatoms. The molecule has 2 rings (SSSR count). The molecule has 0 unspecified atom stereocenters. The monoisotopic (exact) mass is 175 g/mol. The number of aryl methyl sites for hydroxylation is 1. The van der Waals surface area contributed by atoms with Gasteiger partial charge in [-0.3, -0.25) is 4.79 Å². The average molecular weight is 175 g/mol. The summed E-state index contributed by atoms with van der Waals surface area (Å²) < 4.78 is 0. The Hall–Kier alpha value is -1.31. The van der Waals surface area contributed by atoms with E-state index >= 15 is 0 Å². The number of hydrogen-bond donors (Lipinski definition) is 1. The number of nitrogen functional groups attached to an aromatic ring is 1. The molecule has 0 heterocycles. The molecule has 1 aliphatic rings. The minimum Gasteiger partial charge on any atom is -0.399 e. The van der Waals surface area contributed by atoms with Gasteiger partial charge in [0, 0.05) is 18.5 Å². The summed E-state index contributed by atoms with van der Waals surface area (Å²) in [5, 5.41) is 0. The van der Waals surface area contributed by atoms with Gasteiger partial charge in [0.15, 0.2) is 0 Å². The van der Waals surface area contributed by atoms with Gasteiger partial charge in [-0.2, -0.15) is 0 Å². The van der Waals surface area contributed by atoms with Crippen molar-refractivity contribution in [3.05, 3.63) is 29.3 Å². The molecule has 0 saturated carbocycles. The Labute approximate surface area is 77.8 Å². The maximum absolute atomic E-state index is 11.3. The largest absolute Gasteiger partial charge is 0.399 e. The van der Waals surface area contributed by atoms with Crippen molar-refractivity contribution in [3.8, 4) is 0 Å². The minimum absolute atomic E-state index is 0.337. The molecule has 0 radical (unpaired) electrons. The fourth-order valence-electron chi connectivity index (χ4n) is 1.83. The number of carbonyl (C=O) groups excluding carboxylic acids is 1. The maximum Gasteiger partial charge on any atom is 0.137 e. The highest BCUT2D eigenvalue weighted by Crippen LogP contribution is 2.20. The Morgan fingerprint density at radius 3 is 2.85 bits per heavy atom. The third-order valence-corrected chi connectivity index (χ3v) is 2.52. The number of Topliss-reactive ketones (excluding diaryl/α,β-unsaturated/α-hetero) is 1. The molecule has 0 amide bonds. The SMILES string of the molecule is Nc1ccc2c(c1)CC(=O)CCC2. The zero-order valence-electron chi connectivity index (χ0n) is 7.55. The lowest BCUT2D eigenvalue weighted by atomic mass is 10.0. The molecule has 0 fully saturated rings. The molecule has 2 nitrogen and oxygen atoms in total. The van der Waals surface area contributed by atoms with Crippen LogP contribution in [0.3, 0.4) is 0 Å². The summed E-state index contributed by atoms with van der Waals surface area (Å²) >= 11 is 0. The summed E-state index contributed by atoms with van der Waals surface area (Å²) in [5.41, 5.74) is 8.84. The van der Waals surface area contributed by atoms with Gasteiger partial charge < -0.3 is 5.73 Å². The number of fused-ring (bicyclic) bond motifs is 1. The Morgan fingerprint density at radius 1 is 1.15 bits per heavy atom. The van der Waals surface area contributed by atoms with E-state index in [1.165, 1.54) is 5.56 Å². The van der Waals surface area contributed by atoms with Crippen molar-refractivity contribution in [1.29, 1.82) is 0 Å². The maximum atomic E-state index is 11.3. The molecule has 1 aromatic carbocycles. The van der Waals surface area contributed by atoms with Crippen LogP contribution in [0.15, 0.2) is 18.2 Å².